The Morgan fingerprint density at radius 2 is 1.10 bits per heavy atom. The second-order valence-electron chi connectivity index (χ2n) is 7.57. The highest BCUT2D eigenvalue weighted by molar-refractivity contribution is 9.11. The normalized spacial score (nSPS) is 9.64. The van der Waals surface area contributed by atoms with Crippen LogP contribution in [0.15, 0.2) is 56.4 Å². The van der Waals surface area contributed by atoms with Crippen molar-refractivity contribution < 1.29 is 9.47 Å². The van der Waals surface area contributed by atoms with Crippen LogP contribution in [0.2, 0.25) is 15.3 Å². The molecule has 0 fully saturated rings. The maximum atomic E-state index is 5.79. The molecule has 7 nitrogen and oxygen atoms in total. The number of nitrogens with zero attached hydrogens (tertiary/aromatic N) is 4. The number of pyridine rings is 4. The molecule has 4 heterocycles. The van der Waals surface area contributed by atoms with Crippen LogP contribution in [0.4, 0.5) is 5.69 Å². The topological polar surface area (TPSA) is 96.0 Å². The molecule has 0 spiro atoms. The van der Waals surface area contributed by atoms with Crippen molar-refractivity contribution in [3.05, 3.63) is 94.0 Å². The van der Waals surface area contributed by atoms with Gasteiger partial charge in [0.25, 0.3) is 0 Å². The van der Waals surface area contributed by atoms with Gasteiger partial charge in [-0.1, -0.05) is 34.8 Å². The average molecular weight is 788 g/mol. The summed E-state index contributed by atoms with van der Waals surface area (Å²) < 4.78 is 12.6. The van der Waals surface area contributed by atoms with E-state index in [-0.39, 0.29) is 0 Å². The zero-order valence-corrected chi connectivity index (χ0v) is 29.0. The molecule has 0 aliphatic heterocycles. The first kappa shape index (κ1) is 35.3. The lowest BCUT2D eigenvalue weighted by molar-refractivity contribution is 0.394. The van der Waals surface area contributed by atoms with Crippen LogP contribution in [0.5, 0.6) is 11.8 Å². The second-order valence-corrected chi connectivity index (χ2v) is 11.1. The number of rotatable bonds is 2. The van der Waals surface area contributed by atoms with Gasteiger partial charge in [-0.05, 0) is 116 Å². The van der Waals surface area contributed by atoms with Crippen LogP contribution < -0.4 is 15.2 Å². The summed E-state index contributed by atoms with van der Waals surface area (Å²) >= 11 is 27.0. The van der Waals surface area contributed by atoms with E-state index in [0.717, 1.165) is 35.7 Å². The SMILES string of the molecule is COc1ncc(Cl)c(C)c1Br.COc1nccc(C)c1Br.Cc1ccnc(Cl)c1Br.Cc1ccnc(Cl)c1N. The Labute approximate surface area is 269 Å². The lowest BCUT2D eigenvalue weighted by Gasteiger charge is -2.04. The number of aryl methyl sites for hydroxylation is 3. The highest BCUT2D eigenvalue weighted by atomic mass is 79.9. The molecule has 0 aliphatic rings. The Kier molecular flexibility index (Phi) is 16.2. The smallest absolute Gasteiger partial charge is 0.228 e. The van der Waals surface area contributed by atoms with Crippen molar-refractivity contribution in [3.8, 4) is 11.8 Å². The van der Waals surface area contributed by atoms with Crippen LogP contribution in [0.1, 0.15) is 22.3 Å². The van der Waals surface area contributed by atoms with E-state index in [1.54, 1.807) is 39.0 Å². The molecule has 0 atom stereocenters. The van der Waals surface area contributed by atoms with Gasteiger partial charge in [0.2, 0.25) is 11.8 Å². The van der Waals surface area contributed by atoms with E-state index in [1.165, 1.54) is 0 Å². The minimum absolute atomic E-state index is 0.384. The fourth-order valence-corrected chi connectivity index (χ4v) is 4.15. The van der Waals surface area contributed by atoms with Crippen molar-refractivity contribution in [2.45, 2.75) is 27.7 Å². The van der Waals surface area contributed by atoms with Gasteiger partial charge in [0.15, 0.2) is 5.15 Å². The zero-order chi connectivity index (χ0) is 29.7. The lowest BCUT2D eigenvalue weighted by Crippen LogP contribution is -1.91. The number of nitrogens with two attached hydrogens (primary N) is 1. The minimum Gasteiger partial charge on any atom is -0.480 e. The van der Waals surface area contributed by atoms with Gasteiger partial charge in [0.1, 0.15) is 5.15 Å². The summed E-state index contributed by atoms with van der Waals surface area (Å²) in [5.41, 5.74) is 10.2. The Bertz CT molecular complexity index is 1290. The maximum absolute atomic E-state index is 5.79. The molecule has 0 aliphatic carbocycles. The van der Waals surface area contributed by atoms with E-state index in [0.29, 0.717) is 32.8 Å². The van der Waals surface area contributed by atoms with Crippen molar-refractivity contribution in [1.29, 1.82) is 0 Å². The molecule has 4 rings (SSSR count). The summed E-state index contributed by atoms with van der Waals surface area (Å²) in [5.74, 6) is 1.20. The molecule has 0 aromatic carbocycles. The molecule has 4 aromatic rings. The number of hydrogen-bond acceptors (Lipinski definition) is 7. The highest BCUT2D eigenvalue weighted by Gasteiger charge is 2.07. The summed E-state index contributed by atoms with van der Waals surface area (Å²) in [5, 5.41) is 1.54. The molecule has 0 saturated carbocycles. The first-order chi connectivity index (χ1) is 18.3. The van der Waals surface area contributed by atoms with Crippen LogP contribution in [0.25, 0.3) is 0 Å². The van der Waals surface area contributed by atoms with Gasteiger partial charge in [-0.2, -0.15) is 0 Å². The third kappa shape index (κ3) is 11.4. The van der Waals surface area contributed by atoms with Gasteiger partial charge in [0, 0.05) is 24.8 Å². The lowest BCUT2D eigenvalue weighted by atomic mass is 10.3. The van der Waals surface area contributed by atoms with E-state index >= 15 is 0 Å². The van der Waals surface area contributed by atoms with Gasteiger partial charge in [-0.15, -0.1) is 0 Å². The first-order valence-corrected chi connectivity index (χ1v) is 14.5. The predicted octanol–water partition coefficient (Wildman–Crippen LogP) is 9.41. The fourth-order valence-electron chi connectivity index (χ4n) is 2.38. The van der Waals surface area contributed by atoms with Crippen LogP contribution in [0, 0.1) is 27.7 Å². The third-order valence-electron chi connectivity index (χ3n) is 4.81. The van der Waals surface area contributed by atoms with E-state index in [4.69, 9.17) is 50.0 Å². The summed E-state index contributed by atoms with van der Waals surface area (Å²) in [6, 6.07) is 5.64. The third-order valence-corrected chi connectivity index (χ3v) is 8.90. The average Bonchev–Trinajstić information content (AvgIpc) is 2.92. The zero-order valence-electron chi connectivity index (χ0n) is 22.0. The second kappa shape index (κ2) is 17.9. The number of anilines is 1. The van der Waals surface area contributed by atoms with E-state index in [9.17, 15) is 0 Å². The fraction of sp³-hybridized carbons (Fsp3) is 0.231. The van der Waals surface area contributed by atoms with Crippen LogP contribution >= 0.6 is 82.6 Å². The van der Waals surface area contributed by atoms with Crippen LogP contribution in [-0.2, 0) is 0 Å². The van der Waals surface area contributed by atoms with Crippen molar-refractivity contribution in [1.82, 2.24) is 19.9 Å². The molecule has 210 valence electrons. The number of hydrogen-bond donors (Lipinski definition) is 1. The van der Waals surface area contributed by atoms with Gasteiger partial charge in [-0.25, -0.2) is 19.9 Å². The molecule has 0 radical (unpaired) electrons. The van der Waals surface area contributed by atoms with Gasteiger partial charge < -0.3 is 15.2 Å². The van der Waals surface area contributed by atoms with Crippen LogP contribution in [0.3, 0.4) is 0 Å². The molecular weight excluding hydrogens is 760 g/mol. The summed E-state index contributed by atoms with van der Waals surface area (Å²) in [6.45, 7) is 7.76. The molecule has 0 amide bonds. The largest absolute Gasteiger partial charge is 0.480 e. The molecule has 4 aromatic heterocycles. The predicted molar refractivity (Wildman–Crippen MR) is 172 cm³/mol. The van der Waals surface area contributed by atoms with E-state index in [2.05, 4.69) is 67.7 Å². The summed E-state index contributed by atoms with van der Waals surface area (Å²) in [4.78, 5) is 15.6. The van der Waals surface area contributed by atoms with E-state index < -0.39 is 0 Å². The van der Waals surface area contributed by atoms with Gasteiger partial charge >= 0.3 is 0 Å². The quantitative estimate of drug-likeness (QED) is 0.202. The molecule has 0 unspecified atom stereocenters. The number of aromatic nitrogens is 4. The minimum atomic E-state index is 0.384. The molecule has 13 heteroatoms. The number of halogens is 6. The number of methoxy groups -OCH3 is 2. The Morgan fingerprint density at radius 1 is 0.641 bits per heavy atom. The number of ether oxygens (including phenoxy) is 2. The highest BCUT2D eigenvalue weighted by Crippen LogP contribution is 2.30. The van der Waals surface area contributed by atoms with Crippen molar-refractivity contribution >= 4 is 88.3 Å². The Hall–Kier alpha value is -1.69. The van der Waals surface area contributed by atoms with Crippen molar-refractivity contribution in [3.63, 3.8) is 0 Å². The van der Waals surface area contributed by atoms with Gasteiger partial charge in [-0.3, -0.25) is 0 Å². The Balaban J connectivity index is 0.000000261. The molecule has 0 saturated heterocycles. The van der Waals surface area contributed by atoms with E-state index in [1.807, 2.05) is 45.9 Å². The maximum Gasteiger partial charge on any atom is 0.228 e. The molecule has 39 heavy (non-hydrogen) atoms. The van der Waals surface area contributed by atoms with Crippen molar-refractivity contribution in [2.75, 3.05) is 20.0 Å². The summed E-state index contributed by atoms with van der Waals surface area (Å²) in [7, 11) is 3.17. The standard InChI is InChI=1S/C7H7BrClNO.C7H8BrNO.C6H5BrClN.C6H7ClN2/c1-4-5(9)3-10-7(11-2)6(4)8;1-5-3-4-9-7(10-2)6(5)8;1-4-2-3-9-6(8)5(4)7;1-4-2-3-9-6(7)5(4)8/h3H,1-2H3;3-4H,1-2H3;2-3H,1H3;2-3H,8H2,1H3. The van der Waals surface area contributed by atoms with Crippen molar-refractivity contribution in [2.24, 2.45) is 0 Å². The van der Waals surface area contributed by atoms with Gasteiger partial charge in [0.05, 0.1) is 38.3 Å². The molecule has 0 bridgehead atoms. The summed E-state index contributed by atoms with van der Waals surface area (Å²) in [6.07, 6.45) is 6.61. The molecular formula is C26H27Br3Cl3N5O2. The first-order valence-electron chi connectivity index (χ1n) is 11.0. The Morgan fingerprint density at radius 3 is 1.54 bits per heavy atom. The monoisotopic (exact) mass is 783 g/mol. The van der Waals surface area contributed by atoms with Crippen LogP contribution in [-0.4, -0.2) is 34.2 Å². The molecule has 2 N–H and O–H groups in total. The number of nitrogen functional groups attached to an aromatic ring is 1.